The van der Waals surface area contributed by atoms with Crippen LogP contribution in [0.3, 0.4) is 0 Å². The molecular formula is C20H21N3O2S2. The zero-order valence-electron chi connectivity index (χ0n) is 15.1. The number of amides is 1. The number of rotatable bonds is 5. The Morgan fingerprint density at radius 3 is 2.85 bits per heavy atom. The Balaban J connectivity index is 1.58. The molecular weight excluding hydrogens is 378 g/mol. The zero-order valence-corrected chi connectivity index (χ0v) is 16.7. The molecule has 2 heterocycles. The van der Waals surface area contributed by atoms with Crippen LogP contribution >= 0.6 is 23.1 Å². The van der Waals surface area contributed by atoms with Crippen LogP contribution in [-0.2, 0) is 17.6 Å². The molecule has 2 N–H and O–H groups in total. The van der Waals surface area contributed by atoms with Gasteiger partial charge in [-0.2, -0.15) is 0 Å². The number of aromatic nitrogens is 2. The van der Waals surface area contributed by atoms with E-state index >= 15 is 0 Å². The largest absolute Gasteiger partial charge is 0.325 e. The van der Waals surface area contributed by atoms with E-state index in [4.69, 9.17) is 0 Å². The quantitative estimate of drug-likeness (QED) is 0.493. The number of thiophene rings is 1. The number of anilines is 1. The van der Waals surface area contributed by atoms with E-state index in [0.29, 0.717) is 11.6 Å². The average Bonchev–Trinajstić information content (AvgIpc) is 3.05. The Labute approximate surface area is 165 Å². The van der Waals surface area contributed by atoms with Gasteiger partial charge in [0.05, 0.1) is 10.6 Å². The van der Waals surface area contributed by atoms with Gasteiger partial charge in [-0.05, 0) is 49.8 Å². The molecule has 2 aromatic heterocycles. The average molecular weight is 400 g/mol. The molecule has 0 spiro atoms. The maximum absolute atomic E-state index is 12.7. The van der Waals surface area contributed by atoms with E-state index < -0.39 is 0 Å². The van der Waals surface area contributed by atoms with Crippen molar-refractivity contribution >= 4 is 44.9 Å². The Morgan fingerprint density at radius 2 is 2.07 bits per heavy atom. The van der Waals surface area contributed by atoms with Gasteiger partial charge in [0.25, 0.3) is 5.56 Å². The lowest BCUT2D eigenvalue weighted by Gasteiger charge is -2.14. The molecule has 0 fully saturated rings. The molecule has 0 bridgehead atoms. The number of fused-ring (bicyclic) bond motifs is 3. The third-order valence-corrected chi connectivity index (χ3v) is 7.20. The molecule has 3 aromatic rings. The highest BCUT2D eigenvalue weighted by Gasteiger charge is 2.23. The molecule has 4 rings (SSSR count). The van der Waals surface area contributed by atoms with Crippen molar-refractivity contribution in [2.75, 3.05) is 5.32 Å². The predicted molar refractivity (Wildman–Crippen MR) is 112 cm³/mol. The highest BCUT2D eigenvalue weighted by atomic mass is 32.2. The molecule has 1 atom stereocenters. The summed E-state index contributed by atoms with van der Waals surface area (Å²) in [5.74, 6) is -0.0816. The van der Waals surface area contributed by atoms with Crippen LogP contribution in [0.4, 0.5) is 5.69 Å². The zero-order chi connectivity index (χ0) is 18.8. The van der Waals surface area contributed by atoms with Gasteiger partial charge in [0.15, 0.2) is 5.16 Å². The Morgan fingerprint density at radius 1 is 1.30 bits per heavy atom. The van der Waals surface area contributed by atoms with Gasteiger partial charge >= 0.3 is 0 Å². The van der Waals surface area contributed by atoms with Crippen LogP contribution in [0.5, 0.6) is 0 Å². The standard InChI is InChI=1S/C20H21N3O2S2/c1-2-14(17(24)21-12-8-4-3-5-9-12)27-20-22-18(25)16-13-10-6-7-11-15(13)26-19(16)23-20/h3-5,8-9,14H,2,6-7,10-11H2,1H3,(H,21,24)(H,22,23,25)/t14-/m0/s1. The number of H-pyrrole nitrogens is 1. The van der Waals surface area contributed by atoms with Crippen molar-refractivity contribution in [3.8, 4) is 0 Å². The number of nitrogens with one attached hydrogen (secondary N) is 2. The van der Waals surface area contributed by atoms with Gasteiger partial charge in [0, 0.05) is 10.6 Å². The number of nitrogens with zero attached hydrogens (tertiary/aromatic N) is 1. The van der Waals surface area contributed by atoms with Gasteiger partial charge in [0.2, 0.25) is 5.91 Å². The molecule has 7 heteroatoms. The first-order valence-electron chi connectivity index (χ1n) is 9.23. The van der Waals surface area contributed by atoms with Crippen molar-refractivity contribution in [3.63, 3.8) is 0 Å². The molecule has 1 aliphatic rings. The van der Waals surface area contributed by atoms with Crippen LogP contribution in [0.2, 0.25) is 0 Å². The lowest BCUT2D eigenvalue weighted by atomic mass is 9.97. The summed E-state index contributed by atoms with van der Waals surface area (Å²) in [6.07, 6.45) is 4.95. The molecule has 0 radical (unpaired) electrons. The fraction of sp³-hybridized carbons (Fsp3) is 0.350. The number of carbonyl (C=O) groups is 1. The van der Waals surface area contributed by atoms with E-state index in [-0.39, 0.29) is 16.7 Å². The van der Waals surface area contributed by atoms with E-state index in [1.54, 1.807) is 11.3 Å². The molecule has 0 unspecified atom stereocenters. The Hall–Kier alpha value is -2.12. The number of para-hydroxylation sites is 1. The van der Waals surface area contributed by atoms with E-state index in [2.05, 4.69) is 15.3 Å². The second-order valence-electron chi connectivity index (χ2n) is 6.63. The SMILES string of the molecule is CC[C@H](Sc1nc2sc3c(c2c(=O)[nH]1)CCCC3)C(=O)Nc1ccccc1. The van der Waals surface area contributed by atoms with Gasteiger partial charge in [-0.25, -0.2) is 4.98 Å². The topological polar surface area (TPSA) is 74.8 Å². The number of carbonyl (C=O) groups excluding carboxylic acids is 1. The van der Waals surface area contributed by atoms with Crippen LogP contribution < -0.4 is 10.9 Å². The van der Waals surface area contributed by atoms with E-state index in [9.17, 15) is 9.59 Å². The van der Waals surface area contributed by atoms with E-state index in [1.165, 1.54) is 28.6 Å². The van der Waals surface area contributed by atoms with Gasteiger partial charge in [0.1, 0.15) is 4.83 Å². The maximum Gasteiger partial charge on any atom is 0.260 e. The number of hydrogen-bond acceptors (Lipinski definition) is 5. The normalized spacial score (nSPS) is 14.7. The van der Waals surface area contributed by atoms with Crippen LogP contribution in [0.1, 0.15) is 36.6 Å². The van der Waals surface area contributed by atoms with Crippen LogP contribution in [0.25, 0.3) is 10.2 Å². The minimum atomic E-state index is -0.319. The fourth-order valence-electron chi connectivity index (χ4n) is 3.40. The Kier molecular flexibility index (Phi) is 5.31. The molecule has 0 aliphatic heterocycles. The summed E-state index contributed by atoms with van der Waals surface area (Å²) < 4.78 is 0. The van der Waals surface area contributed by atoms with Crippen molar-refractivity contribution in [1.82, 2.24) is 9.97 Å². The number of aryl methyl sites for hydroxylation is 2. The third-order valence-electron chi connectivity index (χ3n) is 4.76. The van der Waals surface area contributed by atoms with Crippen LogP contribution in [0.15, 0.2) is 40.3 Å². The Bertz CT molecular complexity index is 1030. The summed E-state index contributed by atoms with van der Waals surface area (Å²) >= 11 is 2.95. The summed E-state index contributed by atoms with van der Waals surface area (Å²) in [4.78, 5) is 34.9. The first kappa shape index (κ1) is 18.3. The fourth-order valence-corrected chi connectivity index (χ4v) is 5.62. The minimum absolute atomic E-state index is 0.0816. The van der Waals surface area contributed by atoms with Crippen molar-refractivity contribution in [2.24, 2.45) is 0 Å². The van der Waals surface area contributed by atoms with Crippen LogP contribution in [-0.4, -0.2) is 21.1 Å². The van der Waals surface area contributed by atoms with Gasteiger partial charge < -0.3 is 10.3 Å². The van der Waals surface area contributed by atoms with Crippen molar-refractivity contribution in [2.45, 2.75) is 49.4 Å². The van der Waals surface area contributed by atoms with Crippen molar-refractivity contribution < 1.29 is 4.79 Å². The number of hydrogen-bond donors (Lipinski definition) is 2. The highest BCUT2D eigenvalue weighted by molar-refractivity contribution is 8.00. The maximum atomic E-state index is 12.7. The smallest absolute Gasteiger partial charge is 0.260 e. The first-order valence-corrected chi connectivity index (χ1v) is 10.9. The molecule has 0 saturated heterocycles. The summed E-state index contributed by atoms with van der Waals surface area (Å²) in [7, 11) is 0. The molecule has 140 valence electrons. The van der Waals surface area contributed by atoms with Gasteiger partial charge in [-0.3, -0.25) is 9.59 Å². The van der Waals surface area contributed by atoms with Gasteiger partial charge in [-0.15, -0.1) is 11.3 Å². The summed E-state index contributed by atoms with van der Waals surface area (Å²) in [5, 5.41) is 3.87. The first-order chi connectivity index (χ1) is 13.2. The predicted octanol–water partition coefficient (Wildman–Crippen LogP) is 4.37. The molecule has 0 saturated carbocycles. The minimum Gasteiger partial charge on any atom is -0.325 e. The number of benzene rings is 1. The second kappa shape index (κ2) is 7.86. The highest BCUT2D eigenvalue weighted by Crippen LogP contribution is 2.34. The molecule has 1 aromatic carbocycles. The summed E-state index contributed by atoms with van der Waals surface area (Å²) in [6, 6.07) is 9.39. The molecule has 1 amide bonds. The lowest BCUT2D eigenvalue weighted by molar-refractivity contribution is -0.115. The van der Waals surface area contributed by atoms with Crippen molar-refractivity contribution in [1.29, 1.82) is 0 Å². The molecule has 1 aliphatic carbocycles. The summed E-state index contributed by atoms with van der Waals surface area (Å²) in [5.41, 5.74) is 1.87. The number of thioether (sulfide) groups is 1. The third kappa shape index (κ3) is 3.80. The van der Waals surface area contributed by atoms with Crippen LogP contribution in [0, 0.1) is 0 Å². The van der Waals surface area contributed by atoms with E-state index in [0.717, 1.165) is 35.2 Å². The van der Waals surface area contributed by atoms with Crippen molar-refractivity contribution in [3.05, 3.63) is 51.1 Å². The molecule has 5 nitrogen and oxygen atoms in total. The second-order valence-corrected chi connectivity index (χ2v) is 8.91. The van der Waals surface area contributed by atoms with Gasteiger partial charge in [-0.1, -0.05) is 36.9 Å². The van der Waals surface area contributed by atoms with E-state index in [1.807, 2.05) is 37.3 Å². The summed E-state index contributed by atoms with van der Waals surface area (Å²) in [6.45, 7) is 1.96. The molecule has 27 heavy (non-hydrogen) atoms. The monoisotopic (exact) mass is 399 g/mol. The number of aromatic amines is 1. The lowest BCUT2D eigenvalue weighted by Crippen LogP contribution is -2.25.